The maximum absolute atomic E-state index is 13.6. The van der Waals surface area contributed by atoms with E-state index < -0.39 is 16.9 Å². The number of fused-ring (bicyclic) bond motifs is 1. The maximum atomic E-state index is 13.6. The minimum Gasteiger partial charge on any atom is -0.340 e. The number of nitro benzene ring substituents is 1. The molecule has 33 heavy (non-hydrogen) atoms. The second-order valence-electron chi connectivity index (χ2n) is 7.87. The first kappa shape index (κ1) is 22.0. The molecule has 1 aliphatic heterocycles. The van der Waals surface area contributed by atoms with Crippen molar-refractivity contribution in [3.05, 3.63) is 111 Å². The molecule has 166 valence electrons. The Morgan fingerprint density at radius 3 is 2.21 bits per heavy atom. The van der Waals surface area contributed by atoms with E-state index in [1.54, 1.807) is 36.4 Å². The van der Waals surface area contributed by atoms with Crippen molar-refractivity contribution in [2.75, 3.05) is 4.90 Å². The molecule has 7 nitrogen and oxygen atoms in total. The highest BCUT2D eigenvalue weighted by Gasteiger charge is 2.33. The Bertz CT molecular complexity index is 1250. The van der Waals surface area contributed by atoms with E-state index in [2.05, 4.69) is 5.32 Å². The fraction of sp³-hybridized carbons (Fsp3) is 0.154. The number of ketones is 1. The van der Waals surface area contributed by atoms with Crippen molar-refractivity contribution >= 4 is 28.6 Å². The van der Waals surface area contributed by atoms with Crippen LogP contribution in [0.2, 0.25) is 0 Å². The van der Waals surface area contributed by atoms with Crippen LogP contribution in [-0.2, 0) is 16.1 Å². The Morgan fingerprint density at radius 2 is 1.61 bits per heavy atom. The van der Waals surface area contributed by atoms with Crippen molar-refractivity contribution < 1.29 is 14.5 Å². The Labute approximate surface area is 191 Å². The summed E-state index contributed by atoms with van der Waals surface area (Å²) in [5, 5.41) is 14.6. The molecule has 0 aromatic heterocycles. The first-order valence-electron chi connectivity index (χ1n) is 10.5. The van der Waals surface area contributed by atoms with Gasteiger partial charge in [-0.05, 0) is 31.5 Å². The lowest BCUT2D eigenvalue weighted by molar-refractivity contribution is -0.385. The predicted octanol–water partition coefficient (Wildman–Crippen LogP) is 4.79. The number of benzene rings is 3. The molecule has 0 saturated heterocycles. The number of rotatable bonds is 6. The highest BCUT2D eigenvalue weighted by Crippen LogP contribution is 2.39. The third kappa shape index (κ3) is 4.25. The molecule has 1 N–H and O–H groups in total. The number of nitro groups is 1. The van der Waals surface area contributed by atoms with Gasteiger partial charge in [0.1, 0.15) is 6.04 Å². The van der Waals surface area contributed by atoms with E-state index in [1.165, 1.54) is 13.0 Å². The van der Waals surface area contributed by atoms with Crippen molar-refractivity contribution in [1.82, 2.24) is 5.32 Å². The summed E-state index contributed by atoms with van der Waals surface area (Å²) in [4.78, 5) is 39.2. The number of hydrogen-bond donors (Lipinski definition) is 1. The first-order valence-corrected chi connectivity index (χ1v) is 10.5. The van der Waals surface area contributed by atoms with Crippen LogP contribution >= 0.6 is 0 Å². The zero-order valence-corrected chi connectivity index (χ0v) is 18.3. The van der Waals surface area contributed by atoms with Crippen molar-refractivity contribution in [3.63, 3.8) is 0 Å². The summed E-state index contributed by atoms with van der Waals surface area (Å²) < 4.78 is 0. The number of nitrogens with zero attached hydrogens (tertiary/aromatic N) is 2. The largest absolute Gasteiger partial charge is 0.340 e. The third-order valence-corrected chi connectivity index (χ3v) is 5.81. The summed E-state index contributed by atoms with van der Waals surface area (Å²) in [6.07, 6.45) is 0. The summed E-state index contributed by atoms with van der Waals surface area (Å²) in [5.74, 6) is -0.665. The molecule has 4 rings (SSSR count). The van der Waals surface area contributed by atoms with E-state index in [0.29, 0.717) is 28.0 Å². The molecule has 0 bridgehead atoms. The zero-order valence-electron chi connectivity index (χ0n) is 18.3. The van der Waals surface area contributed by atoms with Gasteiger partial charge < -0.3 is 10.2 Å². The molecule has 0 saturated carbocycles. The number of allylic oxidation sites excluding steroid dienone is 1. The van der Waals surface area contributed by atoms with E-state index in [4.69, 9.17) is 0 Å². The zero-order chi connectivity index (χ0) is 23.5. The highest BCUT2D eigenvalue weighted by molar-refractivity contribution is 6.22. The molecule has 3 aromatic carbocycles. The lowest BCUT2D eigenvalue weighted by atomic mass is 9.91. The average molecular weight is 441 g/mol. The molecule has 1 heterocycles. The van der Waals surface area contributed by atoms with Crippen LogP contribution < -0.4 is 10.2 Å². The van der Waals surface area contributed by atoms with E-state index in [-0.39, 0.29) is 18.0 Å². The van der Waals surface area contributed by atoms with Crippen LogP contribution in [0, 0.1) is 10.1 Å². The lowest BCUT2D eigenvalue weighted by Gasteiger charge is -2.33. The van der Waals surface area contributed by atoms with Crippen LogP contribution in [-0.4, -0.2) is 16.6 Å². The van der Waals surface area contributed by atoms with Gasteiger partial charge in [0.05, 0.1) is 22.6 Å². The Kier molecular flexibility index (Phi) is 6.04. The van der Waals surface area contributed by atoms with E-state index in [9.17, 15) is 19.7 Å². The van der Waals surface area contributed by atoms with Gasteiger partial charge in [-0.25, -0.2) is 0 Å². The summed E-state index contributed by atoms with van der Waals surface area (Å²) in [6, 6.07) is 22.3. The van der Waals surface area contributed by atoms with Gasteiger partial charge in [0, 0.05) is 23.0 Å². The van der Waals surface area contributed by atoms with Gasteiger partial charge in [-0.15, -0.1) is 0 Å². The summed E-state index contributed by atoms with van der Waals surface area (Å²) >= 11 is 0. The van der Waals surface area contributed by atoms with Gasteiger partial charge in [0.2, 0.25) is 0 Å². The van der Waals surface area contributed by atoms with Crippen LogP contribution in [0.25, 0.3) is 5.57 Å². The fourth-order valence-corrected chi connectivity index (χ4v) is 4.20. The molecule has 0 unspecified atom stereocenters. The average Bonchev–Trinajstić information content (AvgIpc) is 2.82. The number of amides is 1. The number of Topliss-reactive ketones (excluding diaryl/α,β-unsaturated/α-hetero) is 1. The number of para-hydroxylation sites is 1. The van der Waals surface area contributed by atoms with Gasteiger partial charge in [-0.2, -0.15) is 0 Å². The van der Waals surface area contributed by atoms with Crippen LogP contribution in [0.1, 0.15) is 36.6 Å². The molecule has 0 aliphatic carbocycles. The summed E-state index contributed by atoms with van der Waals surface area (Å²) in [6.45, 7) is 3.50. The van der Waals surface area contributed by atoms with Crippen LogP contribution in [0.15, 0.2) is 84.6 Å². The minimum atomic E-state index is -0.826. The molecule has 0 fully saturated rings. The molecule has 1 atom stereocenters. The van der Waals surface area contributed by atoms with Crippen LogP contribution in [0.3, 0.4) is 0 Å². The second-order valence-corrected chi connectivity index (χ2v) is 7.87. The molecule has 7 heteroatoms. The van der Waals surface area contributed by atoms with Gasteiger partial charge in [0.25, 0.3) is 11.6 Å². The maximum Gasteiger partial charge on any atom is 0.275 e. The molecule has 1 amide bonds. The van der Waals surface area contributed by atoms with Crippen molar-refractivity contribution in [2.45, 2.75) is 26.4 Å². The number of anilines is 1. The fourth-order valence-electron chi connectivity index (χ4n) is 4.20. The van der Waals surface area contributed by atoms with Gasteiger partial charge in [0.15, 0.2) is 5.78 Å². The predicted molar refractivity (Wildman–Crippen MR) is 126 cm³/mol. The van der Waals surface area contributed by atoms with Gasteiger partial charge in [-0.1, -0.05) is 60.7 Å². The van der Waals surface area contributed by atoms with Crippen LogP contribution in [0.5, 0.6) is 0 Å². The minimum absolute atomic E-state index is 0.0441. The molecule has 1 aliphatic rings. The summed E-state index contributed by atoms with van der Waals surface area (Å²) in [5.41, 5.74) is 3.37. The normalized spacial score (nSPS) is 13.8. The Morgan fingerprint density at radius 1 is 0.970 bits per heavy atom. The first-order chi connectivity index (χ1) is 15.9. The van der Waals surface area contributed by atoms with Crippen LogP contribution in [0.4, 0.5) is 11.4 Å². The van der Waals surface area contributed by atoms with E-state index >= 15 is 0 Å². The lowest BCUT2D eigenvalue weighted by Crippen LogP contribution is -2.37. The van der Waals surface area contributed by atoms with Crippen molar-refractivity contribution in [1.29, 1.82) is 0 Å². The Hall–Kier alpha value is -4.26. The SMILES string of the molecule is CC(=O)[C@@H](NC(=O)C1=C(C)N(c2ccccc2)Cc2c1cccc2[N+](=O)[O-])c1ccccc1. The number of carbonyl (C=O) groups excluding carboxylic acids is 2. The smallest absolute Gasteiger partial charge is 0.275 e. The molecule has 3 aromatic rings. The second kappa shape index (κ2) is 9.08. The summed E-state index contributed by atoms with van der Waals surface area (Å²) in [7, 11) is 0. The van der Waals surface area contributed by atoms with E-state index in [0.717, 1.165) is 5.69 Å². The standard InChI is InChI=1S/C26H23N3O4/c1-17-24(26(31)27-25(18(2)30)19-10-5-3-6-11-19)21-14-9-15-23(29(32)33)22(21)16-28(17)20-12-7-4-8-13-20/h3-15,25H,16H2,1-2H3,(H,27,31)/t25-/m1/s1. The Balaban J connectivity index is 1.83. The number of nitrogens with one attached hydrogen (secondary N) is 1. The van der Waals surface area contributed by atoms with Gasteiger partial charge in [-0.3, -0.25) is 19.7 Å². The van der Waals surface area contributed by atoms with Gasteiger partial charge >= 0.3 is 0 Å². The highest BCUT2D eigenvalue weighted by atomic mass is 16.6. The topological polar surface area (TPSA) is 92.6 Å². The van der Waals surface area contributed by atoms with E-state index in [1.807, 2.05) is 48.2 Å². The van der Waals surface area contributed by atoms with Crippen molar-refractivity contribution in [2.24, 2.45) is 0 Å². The quantitative estimate of drug-likeness (QED) is 0.438. The monoisotopic (exact) mass is 441 g/mol. The molecular formula is C26H23N3O4. The molecule has 0 spiro atoms. The molecular weight excluding hydrogens is 418 g/mol. The van der Waals surface area contributed by atoms with Crippen molar-refractivity contribution in [3.8, 4) is 0 Å². The third-order valence-electron chi connectivity index (χ3n) is 5.81. The number of carbonyl (C=O) groups is 2. The molecule has 0 radical (unpaired) electrons. The number of hydrogen-bond acceptors (Lipinski definition) is 5.